The molecule has 2 rings (SSSR count). The van der Waals surface area contributed by atoms with Crippen molar-refractivity contribution in [2.24, 2.45) is 7.05 Å². The maximum atomic E-state index is 12.3. The molecule has 0 bridgehead atoms. The average Bonchev–Trinajstić information content (AvgIpc) is 2.65. The van der Waals surface area contributed by atoms with Crippen LogP contribution in [0.5, 0.6) is 0 Å². The number of carbonyl (C=O) groups is 1. The molecule has 20 heavy (non-hydrogen) atoms. The third kappa shape index (κ3) is 3.25. The van der Waals surface area contributed by atoms with Crippen LogP contribution in [-0.4, -0.2) is 15.6 Å². The SMILES string of the molecule is CCc1nn(C)c(CC(=O)c2cc(Cl)cc(Br)c2)c1Cl. The van der Waals surface area contributed by atoms with Crippen LogP contribution in [0.15, 0.2) is 22.7 Å². The number of carbonyl (C=O) groups excluding carboxylic acids is 1. The lowest BCUT2D eigenvalue weighted by atomic mass is 10.1. The van der Waals surface area contributed by atoms with Crippen molar-refractivity contribution in [3.8, 4) is 0 Å². The molecule has 0 amide bonds. The van der Waals surface area contributed by atoms with Crippen molar-refractivity contribution in [3.63, 3.8) is 0 Å². The number of nitrogens with zero attached hydrogens (tertiary/aromatic N) is 2. The molecule has 1 aromatic heterocycles. The number of Topliss-reactive ketones (excluding diaryl/α,β-unsaturated/α-hetero) is 1. The second kappa shape index (κ2) is 6.29. The molecule has 0 spiro atoms. The summed E-state index contributed by atoms with van der Waals surface area (Å²) in [6.45, 7) is 1.98. The molecule has 0 saturated carbocycles. The fourth-order valence-corrected chi connectivity index (χ4v) is 3.20. The molecule has 6 heteroatoms. The first-order chi connectivity index (χ1) is 9.42. The van der Waals surface area contributed by atoms with Crippen molar-refractivity contribution >= 4 is 44.9 Å². The summed E-state index contributed by atoms with van der Waals surface area (Å²) in [5.41, 5.74) is 2.09. The van der Waals surface area contributed by atoms with Gasteiger partial charge in [-0.1, -0.05) is 46.1 Å². The van der Waals surface area contributed by atoms with Gasteiger partial charge in [0.25, 0.3) is 0 Å². The van der Waals surface area contributed by atoms with E-state index in [4.69, 9.17) is 23.2 Å². The lowest BCUT2D eigenvalue weighted by molar-refractivity contribution is 0.0990. The lowest BCUT2D eigenvalue weighted by Crippen LogP contribution is -2.08. The van der Waals surface area contributed by atoms with Gasteiger partial charge in [0.1, 0.15) is 0 Å². The highest BCUT2D eigenvalue weighted by Crippen LogP contribution is 2.24. The summed E-state index contributed by atoms with van der Waals surface area (Å²) < 4.78 is 2.44. The summed E-state index contributed by atoms with van der Waals surface area (Å²) in [7, 11) is 1.79. The highest BCUT2D eigenvalue weighted by Gasteiger charge is 2.17. The molecule has 0 N–H and O–H groups in total. The summed E-state index contributed by atoms with van der Waals surface area (Å²) in [4.78, 5) is 12.3. The van der Waals surface area contributed by atoms with E-state index in [1.807, 2.05) is 6.92 Å². The van der Waals surface area contributed by atoms with E-state index in [1.54, 1.807) is 29.9 Å². The Bertz CT molecular complexity index is 647. The number of aromatic nitrogens is 2. The van der Waals surface area contributed by atoms with E-state index in [0.717, 1.165) is 22.3 Å². The minimum Gasteiger partial charge on any atom is -0.294 e. The van der Waals surface area contributed by atoms with Crippen LogP contribution in [0.25, 0.3) is 0 Å². The Morgan fingerprint density at radius 3 is 2.60 bits per heavy atom. The van der Waals surface area contributed by atoms with E-state index in [9.17, 15) is 4.79 Å². The zero-order chi connectivity index (χ0) is 14.9. The molecule has 3 nitrogen and oxygen atoms in total. The van der Waals surface area contributed by atoms with Crippen LogP contribution in [0.1, 0.15) is 28.7 Å². The Morgan fingerprint density at radius 1 is 1.35 bits per heavy atom. The zero-order valence-electron chi connectivity index (χ0n) is 11.1. The first kappa shape index (κ1) is 15.5. The van der Waals surface area contributed by atoms with Gasteiger partial charge in [0.05, 0.1) is 22.8 Å². The van der Waals surface area contributed by atoms with Gasteiger partial charge < -0.3 is 0 Å². The molecule has 0 aliphatic heterocycles. The van der Waals surface area contributed by atoms with Gasteiger partial charge >= 0.3 is 0 Å². The number of rotatable bonds is 4. The first-order valence-corrected chi connectivity index (χ1v) is 7.66. The molecule has 106 valence electrons. The fourth-order valence-electron chi connectivity index (χ4n) is 1.98. The molecule has 0 atom stereocenters. The van der Waals surface area contributed by atoms with Crippen molar-refractivity contribution in [2.45, 2.75) is 19.8 Å². The van der Waals surface area contributed by atoms with E-state index in [0.29, 0.717) is 15.6 Å². The molecule has 0 saturated heterocycles. The van der Waals surface area contributed by atoms with E-state index in [2.05, 4.69) is 21.0 Å². The number of aryl methyl sites for hydroxylation is 2. The van der Waals surface area contributed by atoms with Gasteiger partial charge in [-0.2, -0.15) is 5.10 Å². The predicted octanol–water partition coefficient (Wildman–Crippen LogP) is 4.48. The summed E-state index contributed by atoms with van der Waals surface area (Å²) in [6, 6.07) is 5.14. The number of halogens is 3. The summed E-state index contributed by atoms with van der Waals surface area (Å²) in [6.07, 6.45) is 0.943. The van der Waals surface area contributed by atoms with Gasteiger partial charge in [0, 0.05) is 22.1 Å². The molecule has 1 heterocycles. The van der Waals surface area contributed by atoms with Crippen LogP contribution >= 0.6 is 39.1 Å². The van der Waals surface area contributed by atoms with Gasteiger partial charge in [0.15, 0.2) is 5.78 Å². The number of benzene rings is 1. The molecule has 0 unspecified atom stereocenters. The van der Waals surface area contributed by atoms with E-state index in [1.165, 1.54) is 0 Å². The van der Waals surface area contributed by atoms with Crippen molar-refractivity contribution in [1.29, 1.82) is 0 Å². The highest BCUT2D eigenvalue weighted by molar-refractivity contribution is 9.10. The van der Waals surface area contributed by atoms with E-state index < -0.39 is 0 Å². The average molecular weight is 376 g/mol. The number of hydrogen-bond acceptors (Lipinski definition) is 2. The zero-order valence-corrected chi connectivity index (χ0v) is 14.2. The maximum absolute atomic E-state index is 12.3. The topological polar surface area (TPSA) is 34.9 Å². The van der Waals surface area contributed by atoms with E-state index >= 15 is 0 Å². The van der Waals surface area contributed by atoms with Crippen LogP contribution in [-0.2, 0) is 19.9 Å². The Balaban J connectivity index is 2.30. The molecular formula is C14H13BrCl2N2O. The molecule has 0 aliphatic carbocycles. The van der Waals surface area contributed by atoms with Gasteiger partial charge in [-0.25, -0.2) is 0 Å². The Hall–Kier alpha value is -0.840. The first-order valence-electron chi connectivity index (χ1n) is 6.12. The summed E-state index contributed by atoms with van der Waals surface area (Å²) in [5, 5.41) is 5.40. The maximum Gasteiger partial charge on any atom is 0.168 e. The quantitative estimate of drug-likeness (QED) is 0.738. The smallest absolute Gasteiger partial charge is 0.168 e. The van der Waals surface area contributed by atoms with Gasteiger partial charge in [0.2, 0.25) is 0 Å². The number of hydrogen-bond donors (Lipinski definition) is 0. The van der Waals surface area contributed by atoms with Crippen LogP contribution in [0, 0.1) is 0 Å². The van der Waals surface area contributed by atoms with Crippen LogP contribution < -0.4 is 0 Å². The molecular weight excluding hydrogens is 363 g/mol. The van der Waals surface area contributed by atoms with Crippen molar-refractivity contribution in [1.82, 2.24) is 9.78 Å². The second-order valence-corrected chi connectivity index (χ2v) is 6.17. The van der Waals surface area contributed by atoms with Crippen molar-refractivity contribution in [2.75, 3.05) is 0 Å². The summed E-state index contributed by atoms with van der Waals surface area (Å²) in [5.74, 6) is -0.0410. The Labute approximate surface area is 136 Å². The number of ketones is 1. The Morgan fingerprint density at radius 2 is 2.05 bits per heavy atom. The molecule has 0 fully saturated rings. The van der Waals surface area contributed by atoms with Crippen molar-refractivity contribution < 1.29 is 4.79 Å². The minimum absolute atomic E-state index is 0.0410. The minimum atomic E-state index is -0.0410. The molecule has 0 aliphatic rings. The largest absolute Gasteiger partial charge is 0.294 e. The third-order valence-electron chi connectivity index (χ3n) is 3.02. The lowest BCUT2D eigenvalue weighted by Gasteiger charge is -2.04. The van der Waals surface area contributed by atoms with Crippen molar-refractivity contribution in [3.05, 3.63) is 49.7 Å². The van der Waals surface area contributed by atoms with Gasteiger partial charge in [-0.3, -0.25) is 9.48 Å². The third-order valence-corrected chi connectivity index (χ3v) is 4.13. The van der Waals surface area contributed by atoms with Gasteiger partial charge in [-0.05, 0) is 24.6 Å². The molecule has 2 aromatic rings. The normalized spacial score (nSPS) is 10.8. The second-order valence-electron chi connectivity index (χ2n) is 4.44. The summed E-state index contributed by atoms with van der Waals surface area (Å²) >= 11 is 15.5. The highest BCUT2D eigenvalue weighted by atomic mass is 79.9. The molecule has 0 radical (unpaired) electrons. The van der Waals surface area contributed by atoms with Crippen LogP contribution in [0.2, 0.25) is 10.0 Å². The van der Waals surface area contributed by atoms with E-state index in [-0.39, 0.29) is 12.2 Å². The monoisotopic (exact) mass is 374 g/mol. The predicted molar refractivity (Wildman–Crippen MR) is 84.8 cm³/mol. The van der Waals surface area contributed by atoms with Crippen LogP contribution in [0.3, 0.4) is 0 Å². The fraction of sp³-hybridized carbons (Fsp3) is 0.286. The van der Waals surface area contributed by atoms with Gasteiger partial charge in [-0.15, -0.1) is 0 Å². The molecule has 1 aromatic carbocycles. The van der Waals surface area contributed by atoms with Crippen LogP contribution in [0.4, 0.5) is 0 Å². The Kier molecular flexibility index (Phi) is 4.89. The standard InChI is InChI=1S/C14H13BrCl2N2O/c1-3-11-14(17)12(19(2)18-11)7-13(20)8-4-9(15)6-10(16)5-8/h4-6H,3,7H2,1-2H3.